The van der Waals surface area contributed by atoms with Gasteiger partial charge in [0.25, 0.3) is 0 Å². The third-order valence-corrected chi connectivity index (χ3v) is 8.78. The number of alkyl halides is 3. The molecule has 2 amide bonds. The van der Waals surface area contributed by atoms with Gasteiger partial charge in [-0.2, -0.15) is 18.4 Å². The van der Waals surface area contributed by atoms with Crippen molar-refractivity contribution in [2.45, 2.75) is 37.8 Å². The zero-order valence-corrected chi connectivity index (χ0v) is 22.2. The Morgan fingerprint density at radius 1 is 1.33 bits per heavy atom. The molecule has 1 aliphatic rings. The maximum atomic E-state index is 13.3. The van der Waals surface area contributed by atoms with E-state index < -0.39 is 42.6 Å². The van der Waals surface area contributed by atoms with E-state index in [0.29, 0.717) is 24.2 Å². The van der Waals surface area contributed by atoms with Crippen molar-refractivity contribution in [1.29, 1.82) is 5.26 Å². The van der Waals surface area contributed by atoms with E-state index in [9.17, 15) is 27.4 Å². The van der Waals surface area contributed by atoms with Crippen LogP contribution in [0.25, 0.3) is 11.2 Å². The summed E-state index contributed by atoms with van der Waals surface area (Å²) in [6.45, 7) is -4.06. The quantitative estimate of drug-likeness (QED) is 0.207. The summed E-state index contributed by atoms with van der Waals surface area (Å²) in [6.07, 6.45) is -2.13. The lowest BCUT2D eigenvalue weighted by Crippen LogP contribution is -2.23. The van der Waals surface area contributed by atoms with Crippen LogP contribution < -0.4 is 10.6 Å². The van der Waals surface area contributed by atoms with Crippen LogP contribution in [0.5, 0.6) is 0 Å². The van der Waals surface area contributed by atoms with E-state index in [-0.39, 0.29) is 40.8 Å². The molecule has 0 spiro atoms. The zero-order valence-electron chi connectivity index (χ0n) is 19.8. The number of halogens is 4. The molecule has 2 aromatic heterocycles. The predicted octanol–water partition coefficient (Wildman–Crippen LogP) is 5.58. The molecule has 0 aliphatic carbocycles. The Balaban J connectivity index is 1.42. The number of hydrogen-bond donors (Lipinski definition) is 3. The van der Waals surface area contributed by atoms with Gasteiger partial charge in [0.2, 0.25) is 0 Å². The smallest absolute Gasteiger partial charge is 0.352 e. The van der Waals surface area contributed by atoms with E-state index in [1.165, 1.54) is 12.4 Å². The van der Waals surface area contributed by atoms with Crippen molar-refractivity contribution in [3.8, 4) is 6.07 Å². The number of ether oxygens (including phenoxy) is 1. The number of urea groups is 1. The number of amides is 2. The molecule has 39 heavy (non-hydrogen) atoms. The fraction of sp³-hybridized carbons (Fsp3) is 0.381. The molecular weight excluding hydrogens is 586 g/mol. The van der Waals surface area contributed by atoms with Gasteiger partial charge in [-0.1, -0.05) is 17.7 Å². The summed E-state index contributed by atoms with van der Waals surface area (Å²) in [5.74, 6) is 0.0976. The molecule has 1 aromatic carbocycles. The van der Waals surface area contributed by atoms with E-state index in [0.717, 1.165) is 18.5 Å². The van der Waals surface area contributed by atoms with Crippen molar-refractivity contribution in [3.63, 3.8) is 0 Å². The molecule has 4 rings (SSSR count). The second-order valence-corrected chi connectivity index (χ2v) is 12.5. The SMILES string of the molecule is N#CCCSP(=O)(O)OC[C@@H]1CC[C@H](n2cnc3c(NC(=O)Nc4c(Cl)cccc4C(F)(F)F)ncnc32)O1. The van der Waals surface area contributed by atoms with Crippen LogP contribution in [0.15, 0.2) is 30.9 Å². The molecule has 3 heterocycles. The van der Waals surface area contributed by atoms with Gasteiger partial charge >= 0.3 is 19.0 Å². The fourth-order valence-corrected chi connectivity index (χ4v) is 6.17. The summed E-state index contributed by atoms with van der Waals surface area (Å²) in [6, 6.07) is 3.98. The number of nitrogens with one attached hydrogen (secondary N) is 2. The molecule has 12 nitrogen and oxygen atoms in total. The maximum Gasteiger partial charge on any atom is 0.418 e. The van der Waals surface area contributed by atoms with Crippen molar-refractivity contribution in [1.82, 2.24) is 19.5 Å². The van der Waals surface area contributed by atoms with E-state index in [2.05, 4.69) is 25.6 Å². The van der Waals surface area contributed by atoms with Crippen molar-refractivity contribution >= 4 is 58.5 Å². The summed E-state index contributed by atoms with van der Waals surface area (Å²) in [7, 11) is 0. The molecule has 3 atom stereocenters. The molecule has 208 valence electrons. The molecule has 0 bridgehead atoms. The lowest BCUT2D eigenvalue weighted by atomic mass is 10.1. The highest BCUT2D eigenvalue weighted by Crippen LogP contribution is 2.56. The van der Waals surface area contributed by atoms with Crippen molar-refractivity contribution in [2.75, 3.05) is 23.0 Å². The molecule has 1 unspecified atom stereocenters. The van der Waals surface area contributed by atoms with Crippen LogP contribution >= 0.6 is 29.8 Å². The van der Waals surface area contributed by atoms with Gasteiger partial charge in [-0.15, -0.1) is 0 Å². The fourth-order valence-electron chi connectivity index (χ4n) is 3.73. The monoisotopic (exact) mass is 605 g/mol. The van der Waals surface area contributed by atoms with Gasteiger partial charge in [-0.3, -0.25) is 14.4 Å². The number of benzene rings is 1. The highest BCUT2D eigenvalue weighted by molar-refractivity contribution is 8.54. The number of hydrogen-bond acceptors (Lipinski definition) is 9. The van der Waals surface area contributed by atoms with Gasteiger partial charge in [0.15, 0.2) is 17.0 Å². The van der Waals surface area contributed by atoms with Crippen LogP contribution in [0.2, 0.25) is 5.02 Å². The van der Waals surface area contributed by atoms with Gasteiger partial charge in [-0.25, -0.2) is 24.3 Å². The van der Waals surface area contributed by atoms with E-state index >= 15 is 0 Å². The number of rotatable bonds is 9. The first-order valence-corrected chi connectivity index (χ1v) is 14.8. The number of anilines is 2. The molecule has 3 aromatic rings. The lowest BCUT2D eigenvalue weighted by molar-refractivity contribution is -0.136. The Kier molecular flexibility index (Phi) is 9.00. The van der Waals surface area contributed by atoms with Crippen LogP contribution in [0.1, 0.15) is 31.1 Å². The van der Waals surface area contributed by atoms with Crippen LogP contribution in [0.3, 0.4) is 0 Å². The topological polar surface area (TPSA) is 164 Å². The molecule has 1 fully saturated rings. The van der Waals surface area contributed by atoms with Gasteiger partial charge in [0.1, 0.15) is 12.6 Å². The Morgan fingerprint density at radius 3 is 2.87 bits per heavy atom. The Bertz CT molecular complexity index is 1450. The van der Waals surface area contributed by atoms with E-state index in [1.807, 2.05) is 6.07 Å². The molecule has 1 saturated heterocycles. The first-order chi connectivity index (χ1) is 18.5. The second kappa shape index (κ2) is 12.1. The largest absolute Gasteiger partial charge is 0.418 e. The number of aromatic nitrogens is 4. The first-order valence-electron chi connectivity index (χ1n) is 11.2. The highest BCUT2D eigenvalue weighted by Gasteiger charge is 2.35. The molecular formula is C21H20ClF3N7O5PS. The minimum absolute atomic E-state index is 0.0645. The Hall–Kier alpha value is -2.93. The number of carbonyl (C=O) groups excluding carboxylic acids is 1. The highest BCUT2D eigenvalue weighted by atomic mass is 35.5. The summed E-state index contributed by atoms with van der Waals surface area (Å²) < 4.78 is 64.7. The number of nitrogens with zero attached hydrogens (tertiary/aromatic N) is 5. The van der Waals surface area contributed by atoms with Crippen molar-refractivity contribution < 1.29 is 36.7 Å². The normalized spacial score (nSPS) is 19.0. The molecule has 0 radical (unpaired) electrons. The minimum atomic E-state index is -4.75. The second-order valence-electron chi connectivity index (χ2n) is 8.08. The number of fused-ring (bicyclic) bond motifs is 1. The Labute approximate surface area is 228 Å². The van der Waals surface area contributed by atoms with Gasteiger partial charge in [-0.05, 0) is 36.4 Å². The van der Waals surface area contributed by atoms with Crippen LogP contribution in [0.4, 0.5) is 29.5 Å². The van der Waals surface area contributed by atoms with Crippen LogP contribution in [0, 0.1) is 11.3 Å². The zero-order chi connectivity index (χ0) is 28.2. The summed E-state index contributed by atoms with van der Waals surface area (Å²) in [5.41, 5.74) is -1.29. The number of nitriles is 1. The Morgan fingerprint density at radius 2 is 2.13 bits per heavy atom. The predicted molar refractivity (Wildman–Crippen MR) is 136 cm³/mol. The average molecular weight is 606 g/mol. The summed E-state index contributed by atoms with van der Waals surface area (Å²) >= 11 is 6.56. The summed E-state index contributed by atoms with van der Waals surface area (Å²) in [4.78, 5) is 34.8. The van der Waals surface area contributed by atoms with Gasteiger partial charge in [0.05, 0.1) is 41.4 Å². The lowest BCUT2D eigenvalue weighted by Gasteiger charge is -2.17. The van der Waals surface area contributed by atoms with Crippen molar-refractivity contribution in [3.05, 3.63) is 41.4 Å². The number of carbonyl (C=O) groups is 1. The van der Waals surface area contributed by atoms with E-state index in [4.69, 9.17) is 26.1 Å². The number of para-hydroxylation sites is 1. The molecule has 1 aliphatic heterocycles. The number of imidazole rings is 1. The standard InChI is InChI=1S/C21H20ClF3N7O5PS/c22-14-4-1-3-13(21(23,24)25)16(14)30-20(33)31-18-17-19(28-10-27-18)32(11-29-17)15-6-5-12(37-15)9-36-38(34,35)39-8-2-7-26/h1,3-4,10-12,15H,2,5-6,8-9H2,(H,34,35)(H2,27,28,30,31,33)/t12-,15+/m0/s1. The maximum absolute atomic E-state index is 13.3. The minimum Gasteiger partial charge on any atom is -0.352 e. The molecule has 3 N–H and O–H groups in total. The van der Waals surface area contributed by atoms with Crippen molar-refractivity contribution in [2.24, 2.45) is 0 Å². The third-order valence-electron chi connectivity index (χ3n) is 5.44. The van der Waals surface area contributed by atoms with Crippen LogP contribution in [-0.2, 0) is 20.0 Å². The van der Waals surface area contributed by atoms with E-state index in [1.54, 1.807) is 4.57 Å². The third kappa shape index (κ3) is 7.18. The average Bonchev–Trinajstić information content (AvgIpc) is 3.51. The van der Waals surface area contributed by atoms with Gasteiger partial charge < -0.3 is 14.9 Å². The van der Waals surface area contributed by atoms with Gasteiger partial charge in [0, 0.05) is 12.2 Å². The molecule has 18 heteroatoms. The molecule has 0 saturated carbocycles. The first kappa shape index (κ1) is 29.1. The van der Waals surface area contributed by atoms with Crippen LogP contribution in [-0.4, -0.2) is 48.9 Å². The summed E-state index contributed by atoms with van der Waals surface area (Å²) in [5, 5.41) is 12.7.